The summed E-state index contributed by atoms with van der Waals surface area (Å²) in [5.41, 5.74) is 5.43. The van der Waals surface area contributed by atoms with Crippen LogP contribution >= 0.6 is 0 Å². The van der Waals surface area contributed by atoms with Crippen LogP contribution in [0, 0.1) is 0 Å². The maximum atomic E-state index is 14.2. The van der Waals surface area contributed by atoms with E-state index in [0.29, 0.717) is 0 Å². The van der Waals surface area contributed by atoms with E-state index in [2.05, 4.69) is 10.1 Å². The molecule has 9 nitrogen and oxygen atoms in total. The summed E-state index contributed by atoms with van der Waals surface area (Å²) in [5, 5.41) is 38.9. The zero-order valence-electron chi connectivity index (χ0n) is 11.5. The fourth-order valence-corrected chi connectivity index (χ4v) is 2.18. The number of carboxylic acid groups (broad SMARTS) is 1. The van der Waals surface area contributed by atoms with Crippen molar-refractivity contribution in [2.24, 2.45) is 5.73 Å². The Kier molecular flexibility index (Phi) is 5.76. The summed E-state index contributed by atoms with van der Waals surface area (Å²) < 4.78 is 32.6. The highest BCUT2D eigenvalue weighted by Gasteiger charge is 2.62. The first-order valence-corrected chi connectivity index (χ1v) is 6.30. The normalized spacial score (nSPS) is 38.1. The molecule has 0 bridgehead atoms. The SMILES string of the molecule is CC(=O)NC1C(N)C(F)[C@](F)(C(=O)O)OC1[C@H](O)[C@H](O)CO. The zero-order chi connectivity index (χ0) is 17.2. The molecule has 0 radical (unpaired) electrons. The molecule has 0 aromatic carbocycles. The van der Waals surface area contributed by atoms with Crippen molar-refractivity contribution >= 4 is 11.9 Å². The molecule has 128 valence electrons. The number of rotatable bonds is 5. The van der Waals surface area contributed by atoms with Gasteiger partial charge in [-0.15, -0.1) is 0 Å². The zero-order valence-corrected chi connectivity index (χ0v) is 11.5. The molecule has 1 aliphatic rings. The number of ether oxygens (including phenoxy) is 1. The molecule has 0 aromatic rings. The van der Waals surface area contributed by atoms with Gasteiger partial charge in [0.1, 0.15) is 18.3 Å². The third kappa shape index (κ3) is 3.33. The first-order valence-electron chi connectivity index (χ1n) is 6.30. The molecule has 0 aliphatic carbocycles. The molecule has 0 saturated carbocycles. The molecule has 7 atom stereocenters. The van der Waals surface area contributed by atoms with Gasteiger partial charge in [0, 0.05) is 6.92 Å². The van der Waals surface area contributed by atoms with Crippen molar-refractivity contribution in [2.45, 2.75) is 49.3 Å². The Balaban J connectivity index is 3.19. The standard InChI is InChI=1S/C11H18F2N2O7/c1-3(17)15-6-5(14)9(12)11(13,10(20)21)22-8(6)7(19)4(18)2-16/h4-9,16,18-19H,2,14H2,1H3,(H,15,17)(H,20,21)/t4-,5?,6?,7-,8?,9?,11-/m1/s1. The fraction of sp³-hybridized carbons (Fsp3) is 0.818. The Morgan fingerprint density at radius 3 is 2.41 bits per heavy atom. The molecule has 0 spiro atoms. The molecule has 0 aromatic heterocycles. The van der Waals surface area contributed by atoms with Gasteiger partial charge in [0.2, 0.25) is 5.91 Å². The Morgan fingerprint density at radius 1 is 1.45 bits per heavy atom. The van der Waals surface area contributed by atoms with Crippen molar-refractivity contribution in [3.05, 3.63) is 0 Å². The molecule has 1 heterocycles. The highest BCUT2D eigenvalue weighted by atomic mass is 19.2. The Labute approximate surface area is 123 Å². The van der Waals surface area contributed by atoms with Gasteiger partial charge < -0.3 is 36.2 Å². The number of amides is 1. The molecule has 1 aliphatic heterocycles. The minimum atomic E-state index is -3.87. The van der Waals surface area contributed by atoms with Crippen LogP contribution in [0.15, 0.2) is 0 Å². The number of nitrogens with one attached hydrogen (secondary N) is 1. The molecule has 1 saturated heterocycles. The lowest BCUT2D eigenvalue weighted by Gasteiger charge is -2.45. The van der Waals surface area contributed by atoms with Crippen molar-refractivity contribution < 1.29 is 43.5 Å². The van der Waals surface area contributed by atoms with Crippen LogP contribution in [0.2, 0.25) is 0 Å². The molecule has 1 fully saturated rings. The summed E-state index contributed by atoms with van der Waals surface area (Å²) in [5.74, 6) is -6.91. The summed E-state index contributed by atoms with van der Waals surface area (Å²) in [6, 6.07) is -3.39. The highest BCUT2D eigenvalue weighted by Crippen LogP contribution is 2.34. The van der Waals surface area contributed by atoms with E-state index in [1.54, 1.807) is 0 Å². The van der Waals surface area contributed by atoms with Crippen LogP contribution in [0.3, 0.4) is 0 Å². The van der Waals surface area contributed by atoms with Crippen LogP contribution in [0.1, 0.15) is 6.92 Å². The fourth-order valence-electron chi connectivity index (χ4n) is 2.18. The first kappa shape index (κ1) is 18.6. The second kappa shape index (κ2) is 6.79. The van der Waals surface area contributed by atoms with Gasteiger partial charge in [0.25, 0.3) is 0 Å². The van der Waals surface area contributed by atoms with Crippen LogP contribution in [-0.4, -0.2) is 81.3 Å². The average Bonchev–Trinajstić information content (AvgIpc) is 2.45. The number of hydrogen-bond acceptors (Lipinski definition) is 7. The number of aliphatic hydroxyl groups is 3. The minimum Gasteiger partial charge on any atom is -0.477 e. The molecule has 1 amide bonds. The quantitative estimate of drug-likeness (QED) is 0.311. The summed E-state index contributed by atoms with van der Waals surface area (Å²) in [6.45, 7) is 0.0643. The monoisotopic (exact) mass is 328 g/mol. The van der Waals surface area contributed by atoms with Gasteiger partial charge in [-0.05, 0) is 0 Å². The molecule has 11 heteroatoms. The van der Waals surface area contributed by atoms with E-state index in [1.807, 2.05) is 0 Å². The number of carboxylic acids is 1. The Bertz CT molecular complexity index is 441. The lowest BCUT2D eigenvalue weighted by molar-refractivity contribution is -0.276. The van der Waals surface area contributed by atoms with Crippen LogP contribution in [0.5, 0.6) is 0 Å². The van der Waals surface area contributed by atoms with Gasteiger partial charge in [-0.25, -0.2) is 9.18 Å². The smallest absolute Gasteiger partial charge is 0.372 e. The number of aliphatic hydroxyl groups excluding tert-OH is 3. The number of aliphatic carboxylic acids is 1. The molecular formula is C11H18F2N2O7. The number of carbonyl (C=O) groups excluding carboxylic acids is 1. The lowest BCUT2D eigenvalue weighted by atomic mass is 9.86. The predicted octanol–water partition coefficient (Wildman–Crippen LogP) is -2.98. The summed E-state index contributed by atoms with van der Waals surface area (Å²) in [7, 11) is 0. The maximum absolute atomic E-state index is 14.2. The first-order chi connectivity index (χ1) is 10.1. The van der Waals surface area contributed by atoms with Crippen molar-refractivity contribution in [1.82, 2.24) is 5.32 Å². The van der Waals surface area contributed by atoms with E-state index in [0.717, 1.165) is 6.92 Å². The van der Waals surface area contributed by atoms with Gasteiger partial charge in [-0.2, -0.15) is 4.39 Å². The molecule has 7 N–H and O–H groups in total. The van der Waals surface area contributed by atoms with Crippen LogP contribution in [-0.2, 0) is 14.3 Å². The van der Waals surface area contributed by atoms with Gasteiger partial charge in [-0.3, -0.25) is 4.79 Å². The summed E-state index contributed by atoms with van der Waals surface area (Å²) >= 11 is 0. The third-order valence-electron chi connectivity index (χ3n) is 3.35. The van der Waals surface area contributed by atoms with Gasteiger partial charge in [0.15, 0.2) is 6.17 Å². The highest BCUT2D eigenvalue weighted by molar-refractivity contribution is 5.77. The lowest BCUT2D eigenvalue weighted by Crippen LogP contribution is -2.73. The molecule has 1 rings (SSSR count). The second-order valence-corrected chi connectivity index (χ2v) is 4.98. The Morgan fingerprint density at radius 2 is 2.00 bits per heavy atom. The van der Waals surface area contributed by atoms with Crippen molar-refractivity contribution in [3.8, 4) is 0 Å². The van der Waals surface area contributed by atoms with Gasteiger partial charge in [0.05, 0.1) is 18.7 Å². The second-order valence-electron chi connectivity index (χ2n) is 4.98. The average molecular weight is 328 g/mol. The van der Waals surface area contributed by atoms with Gasteiger partial charge >= 0.3 is 11.8 Å². The third-order valence-corrected chi connectivity index (χ3v) is 3.35. The van der Waals surface area contributed by atoms with E-state index in [9.17, 15) is 28.6 Å². The van der Waals surface area contributed by atoms with Crippen molar-refractivity contribution in [3.63, 3.8) is 0 Å². The van der Waals surface area contributed by atoms with E-state index < -0.39 is 60.9 Å². The summed E-state index contributed by atoms with van der Waals surface area (Å²) in [6.07, 6.45) is -8.59. The van der Waals surface area contributed by atoms with Crippen LogP contribution < -0.4 is 11.1 Å². The predicted molar refractivity (Wildman–Crippen MR) is 65.9 cm³/mol. The molecular weight excluding hydrogens is 310 g/mol. The number of hydrogen-bond donors (Lipinski definition) is 6. The number of carbonyl (C=O) groups is 2. The number of nitrogens with two attached hydrogens (primary N) is 1. The van der Waals surface area contributed by atoms with E-state index in [4.69, 9.17) is 15.9 Å². The Hall–Kier alpha value is -1.40. The van der Waals surface area contributed by atoms with E-state index in [-0.39, 0.29) is 0 Å². The maximum Gasteiger partial charge on any atom is 0.372 e. The number of halogens is 2. The van der Waals surface area contributed by atoms with Crippen molar-refractivity contribution in [2.75, 3.05) is 6.61 Å². The van der Waals surface area contributed by atoms with E-state index >= 15 is 0 Å². The van der Waals surface area contributed by atoms with Gasteiger partial charge in [-0.1, -0.05) is 0 Å². The largest absolute Gasteiger partial charge is 0.477 e. The number of alkyl halides is 2. The minimum absolute atomic E-state index is 0.728. The molecule has 22 heavy (non-hydrogen) atoms. The topological polar surface area (TPSA) is 162 Å². The molecule has 4 unspecified atom stereocenters. The van der Waals surface area contributed by atoms with E-state index in [1.165, 1.54) is 0 Å². The van der Waals surface area contributed by atoms with Crippen molar-refractivity contribution in [1.29, 1.82) is 0 Å². The summed E-state index contributed by atoms with van der Waals surface area (Å²) in [4.78, 5) is 22.0. The van der Waals surface area contributed by atoms with Crippen LogP contribution in [0.25, 0.3) is 0 Å². The van der Waals surface area contributed by atoms with Crippen LogP contribution in [0.4, 0.5) is 8.78 Å².